The lowest BCUT2D eigenvalue weighted by atomic mass is 9.50. The van der Waals surface area contributed by atoms with Crippen molar-refractivity contribution in [2.45, 2.75) is 51.4 Å². The van der Waals surface area contributed by atoms with E-state index in [2.05, 4.69) is 19.9 Å². The van der Waals surface area contributed by atoms with Crippen LogP contribution in [0.4, 0.5) is 0 Å². The van der Waals surface area contributed by atoms with Gasteiger partial charge in [0.25, 0.3) is 0 Å². The van der Waals surface area contributed by atoms with Crippen LogP contribution in [0.15, 0.2) is 18.2 Å². The third-order valence-corrected chi connectivity index (χ3v) is 5.82. The molecule has 2 N–H and O–H groups in total. The highest BCUT2D eigenvalue weighted by Crippen LogP contribution is 2.57. The van der Waals surface area contributed by atoms with E-state index in [0.717, 1.165) is 19.3 Å². The fourth-order valence-electron chi connectivity index (χ4n) is 4.80. The normalized spacial score (nSPS) is 37.5. The Labute approximate surface area is 115 Å². The largest absolute Gasteiger partial charge is 0.508 e. The van der Waals surface area contributed by atoms with E-state index in [-0.39, 0.29) is 10.8 Å². The molecule has 0 amide bonds. The Morgan fingerprint density at radius 2 is 2.05 bits per heavy atom. The number of phenolic OH excluding ortho intramolecular Hbond substituents is 1. The van der Waals surface area contributed by atoms with E-state index in [4.69, 9.17) is 0 Å². The molecule has 1 fully saturated rings. The van der Waals surface area contributed by atoms with E-state index in [0.29, 0.717) is 18.3 Å². The molecule has 1 saturated carbocycles. The predicted octanol–water partition coefficient (Wildman–Crippen LogP) is 3.39. The highest BCUT2D eigenvalue weighted by Gasteiger charge is 2.51. The van der Waals surface area contributed by atoms with Crippen LogP contribution in [0.3, 0.4) is 0 Å². The number of hydrogen-bond donors (Lipinski definition) is 2. The zero-order valence-corrected chi connectivity index (χ0v) is 11.9. The van der Waals surface area contributed by atoms with E-state index in [1.807, 2.05) is 12.1 Å². The SMILES string of the molecule is C[C@]1(CO)CCC[C@]2(C)c3ccc(O)cc3CCC12. The van der Waals surface area contributed by atoms with Crippen LogP contribution in [0.25, 0.3) is 0 Å². The van der Waals surface area contributed by atoms with Crippen LogP contribution in [0.5, 0.6) is 5.75 Å². The minimum atomic E-state index is 0.0581. The summed E-state index contributed by atoms with van der Waals surface area (Å²) < 4.78 is 0. The van der Waals surface area contributed by atoms with Crippen molar-refractivity contribution >= 4 is 0 Å². The van der Waals surface area contributed by atoms with Gasteiger partial charge in [-0.1, -0.05) is 26.3 Å². The summed E-state index contributed by atoms with van der Waals surface area (Å²) >= 11 is 0. The monoisotopic (exact) mass is 260 g/mol. The highest BCUT2D eigenvalue weighted by atomic mass is 16.3. The lowest BCUT2D eigenvalue weighted by molar-refractivity contribution is -0.0179. The summed E-state index contributed by atoms with van der Waals surface area (Å²) in [5, 5.41) is 19.5. The van der Waals surface area contributed by atoms with Gasteiger partial charge in [-0.2, -0.15) is 0 Å². The molecule has 0 bridgehead atoms. The maximum absolute atomic E-state index is 9.86. The summed E-state index contributed by atoms with van der Waals surface area (Å²) in [4.78, 5) is 0. The van der Waals surface area contributed by atoms with Crippen molar-refractivity contribution in [1.29, 1.82) is 0 Å². The van der Waals surface area contributed by atoms with Crippen LogP contribution in [0, 0.1) is 11.3 Å². The molecule has 0 aliphatic heterocycles. The van der Waals surface area contributed by atoms with Gasteiger partial charge in [-0.15, -0.1) is 0 Å². The first-order valence-corrected chi connectivity index (χ1v) is 7.43. The van der Waals surface area contributed by atoms with Crippen LogP contribution in [-0.4, -0.2) is 16.8 Å². The van der Waals surface area contributed by atoms with Crippen molar-refractivity contribution in [2.24, 2.45) is 11.3 Å². The summed E-state index contributed by atoms with van der Waals surface area (Å²) in [6, 6.07) is 5.86. The molecule has 0 spiro atoms. The quantitative estimate of drug-likeness (QED) is 0.812. The molecule has 3 atom stereocenters. The Hall–Kier alpha value is -1.02. The van der Waals surface area contributed by atoms with Crippen molar-refractivity contribution in [3.05, 3.63) is 29.3 Å². The van der Waals surface area contributed by atoms with Gasteiger partial charge in [0.15, 0.2) is 0 Å². The second-order valence-corrected chi connectivity index (χ2v) is 7.02. The standard InChI is InChI=1S/C17H24O2/c1-16(11-18)8-3-9-17(2)14-6-5-13(19)10-12(14)4-7-15(16)17/h5-6,10,15,18-19H,3-4,7-9,11H2,1-2H3/t15?,16-,17-/m1/s1. The van der Waals surface area contributed by atoms with Crippen LogP contribution >= 0.6 is 0 Å². The first-order valence-electron chi connectivity index (χ1n) is 7.43. The molecule has 1 aromatic carbocycles. The number of aliphatic hydroxyl groups excluding tert-OH is 1. The number of hydrogen-bond acceptors (Lipinski definition) is 2. The fraction of sp³-hybridized carbons (Fsp3) is 0.647. The van der Waals surface area contributed by atoms with Gasteiger partial charge >= 0.3 is 0 Å². The Balaban J connectivity index is 2.09. The minimum absolute atomic E-state index is 0.0581. The molecule has 2 aliphatic carbocycles. The van der Waals surface area contributed by atoms with Crippen LogP contribution < -0.4 is 0 Å². The Morgan fingerprint density at radius 1 is 1.26 bits per heavy atom. The second-order valence-electron chi connectivity index (χ2n) is 7.02. The molecule has 1 aromatic rings. The number of fused-ring (bicyclic) bond motifs is 3. The van der Waals surface area contributed by atoms with E-state index >= 15 is 0 Å². The fourth-order valence-corrected chi connectivity index (χ4v) is 4.80. The van der Waals surface area contributed by atoms with Gasteiger partial charge in [-0.25, -0.2) is 0 Å². The predicted molar refractivity (Wildman–Crippen MR) is 76.3 cm³/mol. The van der Waals surface area contributed by atoms with Crippen LogP contribution in [0.1, 0.15) is 50.7 Å². The molecule has 104 valence electrons. The minimum Gasteiger partial charge on any atom is -0.508 e. The smallest absolute Gasteiger partial charge is 0.115 e. The summed E-state index contributed by atoms with van der Waals surface area (Å²) in [5.74, 6) is 0.928. The Kier molecular flexibility index (Phi) is 2.90. The molecule has 2 heteroatoms. The third kappa shape index (κ3) is 1.80. The molecule has 19 heavy (non-hydrogen) atoms. The number of rotatable bonds is 1. The Morgan fingerprint density at radius 3 is 2.79 bits per heavy atom. The van der Waals surface area contributed by atoms with Gasteiger partial charge in [0.1, 0.15) is 5.75 Å². The maximum atomic E-state index is 9.86. The number of aliphatic hydroxyl groups is 1. The van der Waals surface area contributed by atoms with Gasteiger partial charge in [0.05, 0.1) is 0 Å². The topological polar surface area (TPSA) is 40.5 Å². The average Bonchev–Trinajstić information content (AvgIpc) is 2.38. The zero-order chi connectivity index (χ0) is 13.7. The van der Waals surface area contributed by atoms with E-state index < -0.39 is 0 Å². The zero-order valence-electron chi connectivity index (χ0n) is 11.9. The molecule has 2 nitrogen and oxygen atoms in total. The van der Waals surface area contributed by atoms with Gasteiger partial charge < -0.3 is 10.2 Å². The highest BCUT2D eigenvalue weighted by molar-refractivity contribution is 5.42. The number of phenols is 1. The first-order chi connectivity index (χ1) is 8.99. The van der Waals surface area contributed by atoms with Crippen molar-refractivity contribution < 1.29 is 10.2 Å². The molecule has 3 rings (SSSR count). The van der Waals surface area contributed by atoms with Crippen LogP contribution in [-0.2, 0) is 11.8 Å². The summed E-state index contributed by atoms with van der Waals surface area (Å²) in [6.07, 6.45) is 5.68. The van der Waals surface area contributed by atoms with Crippen LogP contribution in [0.2, 0.25) is 0 Å². The molecular formula is C17H24O2. The molecule has 1 unspecified atom stereocenters. The van der Waals surface area contributed by atoms with Crippen molar-refractivity contribution in [3.63, 3.8) is 0 Å². The molecule has 0 saturated heterocycles. The second kappa shape index (κ2) is 4.24. The average molecular weight is 260 g/mol. The number of aromatic hydroxyl groups is 1. The maximum Gasteiger partial charge on any atom is 0.115 e. The summed E-state index contributed by atoms with van der Waals surface area (Å²) in [6.45, 7) is 4.90. The van der Waals surface area contributed by atoms with Gasteiger partial charge in [-0.05, 0) is 65.7 Å². The van der Waals surface area contributed by atoms with Gasteiger partial charge in [-0.3, -0.25) is 0 Å². The van der Waals surface area contributed by atoms with Crippen molar-refractivity contribution in [2.75, 3.05) is 6.61 Å². The first kappa shape index (κ1) is 13.0. The lowest BCUT2D eigenvalue weighted by Crippen LogP contribution is -2.50. The Bertz CT molecular complexity index is 496. The molecule has 0 aromatic heterocycles. The van der Waals surface area contributed by atoms with E-state index in [9.17, 15) is 10.2 Å². The molecule has 0 heterocycles. The molecule has 2 aliphatic rings. The number of aryl methyl sites for hydroxylation is 1. The lowest BCUT2D eigenvalue weighted by Gasteiger charge is -2.55. The summed E-state index contributed by atoms with van der Waals surface area (Å²) in [5.41, 5.74) is 2.93. The number of benzene rings is 1. The van der Waals surface area contributed by atoms with Crippen molar-refractivity contribution in [3.8, 4) is 5.75 Å². The van der Waals surface area contributed by atoms with Gasteiger partial charge in [0.2, 0.25) is 0 Å². The van der Waals surface area contributed by atoms with E-state index in [1.54, 1.807) is 0 Å². The molecular weight excluding hydrogens is 236 g/mol. The molecule has 0 radical (unpaired) electrons. The third-order valence-electron chi connectivity index (χ3n) is 5.82. The van der Waals surface area contributed by atoms with Gasteiger partial charge in [0, 0.05) is 6.61 Å². The van der Waals surface area contributed by atoms with Crippen molar-refractivity contribution in [1.82, 2.24) is 0 Å². The summed E-state index contributed by atoms with van der Waals surface area (Å²) in [7, 11) is 0. The van der Waals surface area contributed by atoms with E-state index in [1.165, 1.54) is 24.0 Å².